The van der Waals surface area contributed by atoms with Gasteiger partial charge in [0.2, 0.25) is 0 Å². The average Bonchev–Trinajstić information content (AvgIpc) is 3.33. The summed E-state index contributed by atoms with van der Waals surface area (Å²) in [4.78, 5) is 26.9. The molecule has 0 atom stereocenters. The van der Waals surface area contributed by atoms with Gasteiger partial charge in [-0.15, -0.1) is 5.10 Å². The Labute approximate surface area is 153 Å². The van der Waals surface area contributed by atoms with E-state index in [2.05, 4.69) is 20.5 Å². The lowest BCUT2D eigenvalue weighted by atomic mass is 10.2. The van der Waals surface area contributed by atoms with Crippen molar-refractivity contribution in [3.63, 3.8) is 0 Å². The first kappa shape index (κ1) is 16.7. The first-order chi connectivity index (χ1) is 13.2. The molecular formula is C18H16N6O3. The van der Waals surface area contributed by atoms with Gasteiger partial charge in [-0.3, -0.25) is 4.57 Å². The summed E-state index contributed by atoms with van der Waals surface area (Å²) in [6.45, 7) is 0.688. The number of rotatable bonds is 6. The number of aromatic nitrogens is 6. The van der Waals surface area contributed by atoms with Gasteiger partial charge < -0.3 is 9.72 Å². The Kier molecular flexibility index (Phi) is 4.48. The highest BCUT2D eigenvalue weighted by atomic mass is 16.5. The predicted molar refractivity (Wildman–Crippen MR) is 96.6 cm³/mol. The number of aromatic amines is 1. The lowest BCUT2D eigenvalue weighted by Gasteiger charge is -2.06. The van der Waals surface area contributed by atoms with Crippen molar-refractivity contribution < 1.29 is 9.53 Å². The van der Waals surface area contributed by atoms with Crippen LogP contribution in [0.3, 0.4) is 0 Å². The largest absolute Gasteiger partial charge is 0.462 e. The van der Waals surface area contributed by atoms with Crippen LogP contribution in [0.5, 0.6) is 0 Å². The summed E-state index contributed by atoms with van der Waals surface area (Å²) < 4.78 is 8.43. The average molecular weight is 364 g/mol. The molecular weight excluding hydrogens is 348 g/mol. The normalized spacial score (nSPS) is 11.0. The minimum absolute atomic E-state index is 0.166. The van der Waals surface area contributed by atoms with Gasteiger partial charge in [0.25, 0.3) is 0 Å². The molecule has 0 amide bonds. The summed E-state index contributed by atoms with van der Waals surface area (Å²) in [5.74, 6) is -0.412. The maximum absolute atomic E-state index is 12.1. The number of imidazole rings is 1. The van der Waals surface area contributed by atoms with Gasteiger partial charge in [-0.1, -0.05) is 12.1 Å². The van der Waals surface area contributed by atoms with Crippen molar-refractivity contribution in [2.24, 2.45) is 0 Å². The fraction of sp³-hybridized carbons (Fsp3) is 0.167. The zero-order chi connectivity index (χ0) is 18.6. The molecule has 2 aromatic heterocycles. The number of carbonyl (C=O) groups is 1. The maximum Gasteiger partial charge on any atom is 0.338 e. The van der Waals surface area contributed by atoms with Crippen LogP contribution in [0.15, 0.2) is 59.7 Å². The standard InChI is InChI=1S/C18H16N6O3/c25-17(13-6-8-14(9-7-13)24-12-19-21-22-24)27-11-3-10-23-16-5-2-1-4-15(16)20-18(23)26/h1-2,4-9,12H,3,10-11H2,(H,20,26). The fourth-order valence-corrected chi connectivity index (χ4v) is 2.83. The first-order valence-electron chi connectivity index (χ1n) is 8.40. The minimum atomic E-state index is -0.412. The van der Waals surface area contributed by atoms with E-state index in [0.717, 1.165) is 16.7 Å². The molecule has 27 heavy (non-hydrogen) atoms. The third-order valence-corrected chi connectivity index (χ3v) is 4.16. The van der Waals surface area contributed by atoms with Crippen molar-refractivity contribution in [3.8, 4) is 5.69 Å². The van der Waals surface area contributed by atoms with Crippen molar-refractivity contribution in [1.29, 1.82) is 0 Å². The topological polar surface area (TPSA) is 108 Å². The molecule has 0 bridgehead atoms. The summed E-state index contributed by atoms with van der Waals surface area (Å²) in [6, 6.07) is 14.3. The van der Waals surface area contributed by atoms with E-state index in [1.54, 1.807) is 28.8 Å². The zero-order valence-electron chi connectivity index (χ0n) is 14.3. The van der Waals surface area contributed by atoms with Crippen LogP contribution in [-0.2, 0) is 11.3 Å². The van der Waals surface area contributed by atoms with Gasteiger partial charge in [-0.05, 0) is 53.2 Å². The van der Waals surface area contributed by atoms with Crippen molar-refractivity contribution in [3.05, 3.63) is 70.9 Å². The lowest BCUT2D eigenvalue weighted by molar-refractivity contribution is 0.0496. The van der Waals surface area contributed by atoms with E-state index in [1.807, 2.05) is 24.3 Å². The van der Waals surface area contributed by atoms with Gasteiger partial charge in [0.15, 0.2) is 0 Å². The van der Waals surface area contributed by atoms with Crippen molar-refractivity contribution >= 4 is 17.0 Å². The van der Waals surface area contributed by atoms with E-state index < -0.39 is 5.97 Å². The first-order valence-corrected chi connectivity index (χ1v) is 8.40. The number of fused-ring (bicyclic) bond motifs is 1. The molecule has 4 aromatic rings. The number of benzene rings is 2. The highest BCUT2D eigenvalue weighted by Gasteiger charge is 2.09. The lowest BCUT2D eigenvalue weighted by Crippen LogP contribution is -2.18. The number of esters is 1. The summed E-state index contributed by atoms with van der Waals surface area (Å²) in [6.07, 6.45) is 2.01. The smallest absolute Gasteiger partial charge is 0.338 e. The van der Waals surface area contributed by atoms with E-state index >= 15 is 0 Å². The Morgan fingerprint density at radius 2 is 1.93 bits per heavy atom. The van der Waals surface area contributed by atoms with Gasteiger partial charge in [0.1, 0.15) is 6.33 Å². The molecule has 4 rings (SSSR count). The molecule has 0 radical (unpaired) electrons. The number of nitrogens with zero attached hydrogens (tertiary/aromatic N) is 5. The third kappa shape index (κ3) is 3.47. The molecule has 136 valence electrons. The number of carbonyl (C=O) groups excluding carboxylic acids is 1. The van der Waals surface area contributed by atoms with Crippen molar-refractivity contribution in [1.82, 2.24) is 29.8 Å². The fourth-order valence-electron chi connectivity index (χ4n) is 2.83. The van der Waals surface area contributed by atoms with Gasteiger partial charge in [-0.25, -0.2) is 14.3 Å². The molecule has 2 heterocycles. The monoisotopic (exact) mass is 364 g/mol. The number of ether oxygens (including phenoxy) is 1. The summed E-state index contributed by atoms with van der Waals surface area (Å²) >= 11 is 0. The van der Waals surface area contributed by atoms with Crippen molar-refractivity contribution in [2.75, 3.05) is 6.61 Å². The number of hydrogen-bond donors (Lipinski definition) is 1. The zero-order valence-corrected chi connectivity index (χ0v) is 14.3. The molecule has 0 saturated heterocycles. The summed E-state index contributed by atoms with van der Waals surface area (Å²) in [5, 5.41) is 10.9. The van der Waals surface area contributed by atoms with E-state index in [4.69, 9.17) is 4.74 Å². The van der Waals surface area contributed by atoms with E-state index in [9.17, 15) is 9.59 Å². The molecule has 0 aliphatic carbocycles. The van der Waals surface area contributed by atoms with Crippen LogP contribution in [0.25, 0.3) is 16.7 Å². The Bertz CT molecular complexity index is 1110. The minimum Gasteiger partial charge on any atom is -0.462 e. The second kappa shape index (κ2) is 7.24. The van der Waals surface area contributed by atoms with Gasteiger partial charge in [-0.2, -0.15) is 0 Å². The molecule has 2 aromatic carbocycles. The highest BCUT2D eigenvalue weighted by molar-refractivity contribution is 5.89. The highest BCUT2D eigenvalue weighted by Crippen LogP contribution is 2.11. The number of H-pyrrole nitrogens is 1. The van der Waals surface area contributed by atoms with Crippen LogP contribution in [0.2, 0.25) is 0 Å². The van der Waals surface area contributed by atoms with Crippen LogP contribution < -0.4 is 5.69 Å². The Balaban J connectivity index is 1.33. The van der Waals surface area contributed by atoms with Crippen LogP contribution >= 0.6 is 0 Å². The van der Waals surface area contributed by atoms with Crippen LogP contribution in [0.4, 0.5) is 0 Å². The quantitative estimate of drug-likeness (QED) is 0.411. The molecule has 0 aliphatic heterocycles. The maximum atomic E-state index is 12.1. The second-order valence-corrected chi connectivity index (χ2v) is 5.89. The third-order valence-electron chi connectivity index (χ3n) is 4.16. The molecule has 9 heteroatoms. The molecule has 0 fully saturated rings. The van der Waals surface area contributed by atoms with Gasteiger partial charge in [0, 0.05) is 6.54 Å². The molecule has 0 unspecified atom stereocenters. The van der Waals surface area contributed by atoms with Gasteiger partial charge >= 0.3 is 11.7 Å². The number of nitrogens with one attached hydrogen (secondary N) is 1. The van der Waals surface area contributed by atoms with E-state index in [0.29, 0.717) is 18.5 Å². The molecule has 0 spiro atoms. The van der Waals surface area contributed by atoms with Gasteiger partial charge in [0.05, 0.1) is 28.9 Å². The van der Waals surface area contributed by atoms with Crippen LogP contribution in [-0.4, -0.2) is 42.3 Å². The Morgan fingerprint density at radius 1 is 1.11 bits per heavy atom. The van der Waals surface area contributed by atoms with E-state index in [-0.39, 0.29) is 12.3 Å². The summed E-state index contributed by atoms with van der Waals surface area (Å²) in [5.41, 5.74) is 2.65. The number of aryl methyl sites for hydroxylation is 1. The van der Waals surface area contributed by atoms with Crippen molar-refractivity contribution in [2.45, 2.75) is 13.0 Å². The molecule has 1 N–H and O–H groups in total. The number of para-hydroxylation sites is 2. The molecule has 0 saturated carbocycles. The Hall–Kier alpha value is -3.75. The van der Waals surface area contributed by atoms with Crippen LogP contribution in [0.1, 0.15) is 16.8 Å². The SMILES string of the molecule is O=C(OCCCn1c(=O)[nH]c2ccccc21)c1ccc(-n2cnnn2)cc1. The number of tetrazole rings is 1. The van der Waals surface area contributed by atoms with E-state index in [1.165, 1.54) is 11.0 Å². The predicted octanol–water partition coefficient (Wildman–Crippen LogP) is 1.55. The van der Waals surface area contributed by atoms with Crippen LogP contribution in [0, 0.1) is 0 Å². The Morgan fingerprint density at radius 3 is 2.70 bits per heavy atom. The number of hydrogen-bond acceptors (Lipinski definition) is 6. The second-order valence-electron chi connectivity index (χ2n) is 5.89. The molecule has 0 aliphatic rings. The molecule has 9 nitrogen and oxygen atoms in total. The summed E-state index contributed by atoms with van der Waals surface area (Å²) in [7, 11) is 0.